The molecule has 0 aliphatic carbocycles. The highest BCUT2D eigenvalue weighted by atomic mass is 32.2. The number of carbonyl (C=O) groups excluding carboxylic acids is 1. The minimum Gasteiger partial charge on any atom is -0.468 e. The molecule has 0 saturated carbocycles. The maximum atomic E-state index is 11.1. The molecule has 0 aromatic carbocycles. The molecule has 3 nitrogen and oxygen atoms in total. The van der Waals surface area contributed by atoms with E-state index in [1.807, 2.05) is 20.1 Å². The van der Waals surface area contributed by atoms with Crippen molar-refractivity contribution in [2.24, 2.45) is 0 Å². The van der Waals surface area contributed by atoms with Crippen molar-refractivity contribution in [3.63, 3.8) is 0 Å². The first kappa shape index (κ1) is 10.8. The van der Waals surface area contributed by atoms with Crippen LogP contribution in [-0.4, -0.2) is 30.1 Å². The molecule has 0 radical (unpaired) electrons. The first-order chi connectivity index (χ1) is 4.93. The molecule has 11 heavy (non-hydrogen) atoms. The van der Waals surface area contributed by atoms with Crippen molar-refractivity contribution in [1.29, 1.82) is 0 Å². The number of hydrogen-bond donors (Lipinski definition) is 1. The SMILES string of the molecule is COC(=O)C(SC)C(C)(C)[NH3+]. The van der Waals surface area contributed by atoms with E-state index >= 15 is 0 Å². The van der Waals surface area contributed by atoms with Crippen molar-refractivity contribution < 1.29 is 15.3 Å². The number of carbonyl (C=O) groups is 1. The third-order valence-corrected chi connectivity index (χ3v) is 2.66. The highest BCUT2D eigenvalue weighted by Gasteiger charge is 2.35. The minimum atomic E-state index is -0.271. The highest BCUT2D eigenvalue weighted by Crippen LogP contribution is 2.18. The molecule has 3 N–H and O–H groups in total. The van der Waals surface area contributed by atoms with Gasteiger partial charge in [0, 0.05) is 0 Å². The quantitative estimate of drug-likeness (QED) is 0.615. The van der Waals surface area contributed by atoms with Crippen molar-refractivity contribution in [1.82, 2.24) is 0 Å². The fourth-order valence-corrected chi connectivity index (χ4v) is 1.77. The topological polar surface area (TPSA) is 53.9 Å². The number of methoxy groups -OCH3 is 1. The van der Waals surface area contributed by atoms with Crippen LogP contribution in [0.2, 0.25) is 0 Å². The molecule has 1 atom stereocenters. The van der Waals surface area contributed by atoms with Crippen LogP contribution in [0.3, 0.4) is 0 Å². The molecule has 0 spiro atoms. The summed E-state index contributed by atoms with van der Waals surface area (Å²) in [6.07, 6.45) is 1.88. The van der Waals surface area contributed by atoms with Gasteiger partial charge in [0.25, 0.3) is 0 Å². The molecule has 66 valence electrons. The second kappa shape index (κ2) is 3.97. The zero-order valence-electron chi connectivity index (χ0n) is 7.51. The molecule has 0 rings (SSSR count). The summed E-state index contributed by atoms with van der Waals surface area (Å²) in [5, 5.41) is -0.174. The van der Waals surface area contributed by atoms with E-state index < -0.39 is 0 Å². The molecule has 0 amide bonds. The molecule has 4 heteroatoms. The maximum absolute atomic E-state index is 11.1. The van der Waals surface area contributed by atoms with Crippen LogP contribution >= 0.6 is 11.8 Å². The summed E-state index contributed by atoms with van der Waals surface area (Å²) in [5.74, 6) is -0.197. The molecular weight excluding hydrogens is 162 g/mol. The lowest BCUT2D eigenvalue weighted by Gasteiger charge is -2.22. The van der Waals surface area contributed by atoms with Gasteiger partial charge in [0.05, 0.1) is 7.11 Å². The van der Waals surface area contributed by atoms with Crippen LogP contribution < -0.4 is 5.73 Å². The number of esters is 1. The lowest BCUT2D eigenvalue weighted by molar-refractivity contribution is -0.462. The van der Waals surface area contributed by atoms with Crippen LogP contribution in [0.1, 0.15) is 13.8 Å². The van der Waals surface area contributed by atoms with Gasteiger partial charge < -0.3 is 10.5 Å². The van der Waals surface area contributed by atoms with Crippen molar-refractivity contribution in [3.05, 3.63) is 0 Å². The van der Waals surface area contributed by atoms with Gasteiger partial charge in [-0.25, -0.2) is 0 Å². The highest BCUT2D eigenvalue weighted by molar-refractivity contribution is 8.00. The van der Waals surface area contributed by atoms with Gasteiger partial charge in [0.15, 0.2) is 5.25 Å². The second-order valence-corrected chi connectivity index (χ2v) is 4.07. The van der Waals surface area contributed by atoms with Crippen molar-refractivity contribution in [3.8, 4) is 0 Å². The molecule has 0 heterocycles. The minimum absolute atomic E-state index is 0.174. The van der Waals surface area contributed by atoms with E-state index in [-0.39, 0.29) is 16.8 Å². The number of thioether (sulfide) groups is 1. The smallest absolute Gasteiger partial charge is 0.325 e. The zero-order valence-corrected chi connectivity index (χ0v) is 8.33. The molecule has 0 aliphatic rings. The van der Waals surface area contributed by atoms with Crippen LogP contribution in [0, 0.1) is 0 Å². The third kappa shape index (κ3) is 3.12. The standard InChI is InChI=1S/C7H15NO2S/c1-7(2,8)5(11-4)6(9)10-3/h5H,8H2,1-4H3/p+1. The Kier molecular flexibility index (Phi) is 3.89. The van der Waals surface area contributed by atoms with E-state index in [9.17, 15) is 4.79 Å². The van der Waals surface area contributed by atoms with Crippen molar-refractivity contribution in [2.75, 3.05) is 13.4 Å². The summed E-state index contributed by atoms with van der Waals surface area (Å²) >= 11 is 1.47. The Hall–Kier alpha value is -0.220. The average molecular weight is 178 g/mol. The molecule has 1 unspecified atom stereocenters. The van der Waals surface area contributed by atoms with E-state index in [0.717, 1.165) is 0 Å². The summed E-state index contributed by atoms with van der Waals surface area (Å²) in [7, 11) is 1.40. The number of ether oxygens (including phenoxy) is 1. The van der Waals surface area contributed by atoms with E-state index in [1.54, 1.807) is 0 Å². The van der Waals surface area contributed by atoms with Gasteiger partial charge in [-0.2, -0.15) is 0 Å². The Morgan fingerprint density at radius 3 is 2.18 bits per heavy atom. The molecule has 0 fully saturated rings. The summed E-state index contributed by atoms with van der Waals surface area (Å²) in [5.41, 5.74) is 3.62. The molecule has 0 saturated heterocycles. The van der Waals surface area contributed by atoms with Gasteiger partial charge in [0.2, 0.25) is 0 Å². The Labute approximate surface area is 71.7 Å². The predicted molar refractivity (Wildman–Crippen MR) is 46.3 cm³/mol. The van der Waals surface area contributed by atoms with Gasteiger partial charge >= 0.3 is 5.97 Å². The van der Waals surface area contributed by atoms with Crippen LogP contribution in [0.5, 0.6) is 0 Å². The van der Waals surface area contributed by atoms with Crippen molar-refractivity contribution in [2.45, 2.75) is 24.6 Å². The molecule has 0 bridgehead atoms. The van der Waals surface area contributed by atoms with E-state index in [4.69, 9.17) is 0 Å². The molecule has 0 aromatic heterocycles. The van der Waals surface area contributed by atoms with Crippen LogP contribution in [-0.2, 0) is 9.53 Å². The van der Waals surface area contributed by atoms with E-state index in [2.05, 4.69) is 10.5 Å². The summed E-state index contributed by atoms with van der Waals surface area (Å²) in [6, 6.07) is 0. The van der Waals surface area contributed by atoms with E-state index in [0.29, 0.717) is 0 Å². The Bertz CT molecular complexity index is 142. The number of hydrogen-bond acceptors (Lipinski definition) is 3. The van der Waals surface area contributed by atoms with Gasteiger partial charge in [0.1, 0.15) is 5.54 Å². The van der Waals surface area contributed by atoms with Gasteiger partial charge in [-0.15, -0.1) is 11.8 Å². The lowest BCUT2D eigenvalue weighted by Crippen LogP contribution is -2.75. The summed E-state index contributed by atoms with van der Waals surface area (Å²) < 4.78 is 4.63. The molecule has 0 aromatic rings. The predicted octanol–water partition coefficient (Wildman–Crippen LogP) is -0.0885. The number of quaternary nitrogens is 1. The maximum Gasteiger partial charge on any atom is 0.325 e. The zero-order chi connectivity index (χ0) is 9.07. The monoisotopic (exact) mass is 178 g/mol. The summed E-state index contributed by atoms with van der Waals surface area (Å²) in [6.45, 7) is 3.84. The van der Waals surface area contributed by atoms with Crippen LogP contribution in [0.15, 0.2) is 0 Å². The van der Waals surface area contributed by atoms with E-state index in [1.165, 1.54) is 18.9 Å². The third-order valence-electron chi connectivity index (χ3n) is 1.36. The summed E-state index contributed by atoms with van der Waals surface area (Å²) in [4.78, 5) is 11.1. The van der Waals surface area contributed by atoms with Gasteiger partial charge in [-0.05, 0) is 20.1 Å². The largest absolute Gasteiger partial charge is 0.468 e. The Morgan fingerprint density at radius 2 is 2.09 bits per heavy atom. The Morgan fingerprint density at radius 1 is 1.64 bits per heavy atom. The number of rotatable bonds is 3. The molecule has 0 aliphatic heterocycles. The van der Waals surface area contributed by atoms with Gasteiger partial charge in [-0.3, -0.25) is 4.79 Å². The molecular formula is C7H16NO2S+. The van der Waals surface area contributed by atoms with Crippen molar-refractivity contribution >= 4 is 17.7 Å². The van der Waals surface area contributed by atoms with Crippen LogP contribution in [0.25, 0.3) is 0 Å². The Balaban J connectivity index is 4.29. The lowest BCUT2D eigenvalue weighted by atomic mass is 10.0. The average Bonchev–Trinajstić information content (AvgIpc) is 1.86. The fraction of sp³-hybridized carbons (Fsp3) is 0.857. The fourth-order valence-electron chi connectivity index (χ4n) is 0.841. The normalized spacial score (nSPS) is 14.3. The first-order valence-corrected chi connectivity index (χ1v) is 4.68. The van der Waals surface area contributed by atoms with Crippen LogP contribution in [0.4, 0.5) is 0 Å². The first-order valence-electron chi connectivity index (χ1n) is 3.39. The van der Waals surface area contributed by atoms with Gasteiger partial charge in [-0.1, -0.05) is 0 Å². The second-order valence-electron chi connectivity index (χ2n) is 3.13.